The number of carbonyl (C=O) groups is 1. The van der Waals surface area contributed by atoms with Crippen molar-refractivity contribution in [1.82, 2.24) is 30.5 Å². The first-order chi connectivity index (χ1) is 13.3. The van der Waals surface area contributed by atoms with Gasteiger partial charge in [0.2, 0.25) is 0 Å². The first-order valence-electron chi connectivity index (χ1n) is 10.9. The quantitative estimate of drug-likeness (QED) is 0.780. The topological polar surface area (TPSA) is 75.1 Å². The van der Waals surface area contributed by atoms with E-state index in [-0.39, 0.29) is 23.9 Å². The molecule has 7 nitrogen and oxygen atoms in total. The first-order valence-corrected chi connectivity index (χ1v) is 10.9. The molecule has 1 aliphatic carbocycles. The summed E-state index contributed by atoms with van der Waals surface area (Å²) in [5, 5.41) is 15.0. The second kappa shape index (κ2) is 10.0. The van der Waals surface area contributed by atoms with Gasteiger partial charge in [0.25, 0.3) is 5.91 Å². The zero-order valence-electron chi connectivity index (χ0n) is 16.9. The van der Waals surface area contributed by atoms with Gasteiger partial charge < -0.3 is 10.6 Å². The third-order valence-electron chi connectivity index (χ3n) is 6.81. The fraction of sp³-hybridized carbons (Fsp3) is 0.850. The third kappa shape index (κ3) is 4.86. The van der Waals surface area contributed by atoms with Crippen molar-refractivity contribution in [3.8, 4) is 0 Å². The van der Waals surface area contributed by atoms with Gasteiger partial charge in [-0.15, -0.1) is 17.5 Å². The molecule has 3 heterocycles. The van der Waals surface area contributed by atoms with E-state index in [2.05, 4.69) is 25.8 Å². The Bertz CT molecular complexity index is 618. The lowest BCUT2D eigenvalue weighted by Crippen LogP contribution is -2.58. The smallest absolute Gasteiger partial charge is 0.273 e. The van der Waals surface area contributed by atoms with Crippen molar-refractivity contribution < 1.29 is 4.79 Å². The summed E-state index contributed by atoms with van der Waals surface area (Å²) in [5.41, 5.74) is 0.609. The molecule has 1 amide bonds. The van der Waals surface area contributed by atoms with Crippen LogP contribution in [0.5, 0.6) is 0 Å². The Morgan fingerprint density at radius 3 is 2.50 bits per heavy atom. The van der Waals surface area contributed by atoms with Gasteiger partial charge in [0.15, 0.2) is 5.69 Å². The van der Waals surface area contributed by atoms with Crippen molar-refractivity contribution >= 4 is 18.3 Å². The maximum atomic E-state index is 12.8. The third-order valence-corrected chi connectivity index (χ3v) is 6.81. The normalized spacial score (nSPS) is 23.7. The Balaban J connectivity index is 0.00000225. The van der Waals surface area contributed by atoms with Crippen LogP contribution in [0.1, 0.15) is 80.7 Å². The average molecular weight is 411 g/mol. The second-order valence-corrected chi connectivity index (χ2v) is 8.58. The van der Waals surface area contributed by atoms with E-state index in [4.69, 9.17) is 0 Å². The fourth-order valence-electron chi connectivity index (χ4n) is 5.15. The van der Waals surface area contributed by atoms with Gasteiger partial charge in [0.1, 0.15) is 0 Å². The van der Waals surface area contributed by atoms with E-state index in [1.807, 2.05) is 10.9 Å². The number of hydrogen-bond donors (Lipinski definition) is 2. The molecule has 3 fully saturated rings. The van der Waals surface area contributed by atoms with Gasteiger partial charge >= 0.3 is 0 Å². The van der Waals surface area contributed by atoms with Crippen molar-refractivity contribution in [1.29, 1.82) is 0 Å². The van der Waals surface area contributed by atoms with Crippen LogP contribution in [-0.2, 0) is 0 Å². The second-order valence-electron chi connectivity index (χ2n) is 8.58. The molecule has 28 heavy (non-hydrogen) atoms. The summed E-state index contributed by atoms with van der Waals surface area (Å²) in [6.07, 6.45) is 14.1. The molecule has 2 saturated heterocycles. The lowest BCUT2D eigenvalue weighted by Gasteiger charge is -2.48. The van der Waals surface area contributed by atoms with Crippen LogP contribution in [-0.4, -0.2) is 64.1 Å². The van der Waals surface area contributed by atoms with Gasteiger partial charge in [-0.25, -0.2) is 4.68 Å². The molecule has 2 N–H and O–H groups in total. The molecule has 1 saturated carbocycles. The Morgan fingerprint density at radius 1 is 1.11 bits per heavy atom. The molecule has 1 aromatic heterocycles. The molecule has 8 heteroatoms. The molecule has 0 atom stereocenters. The average Bonchev–Trinajstić information content (AvgIpc) is 3.24. The Hall–Kier alpha value is -1.18. The maximum absolute atomic E-state index is 12.8. The van der Waals surface area contributed by atoms with Crippen LogP contribution in [0.2, 0.25) is 0 Å². The Labute approximate surface area is 174 Å². The Kier molecular flexibility index (Phi) is 7.71. The largest absolute Gasteiger partial charge is 0.349 e. The van der Waals surface area contributed by atoms with Gasteiger partial charge in [-0.3, -0.25) is 9.69 Å². The fourth-order valence-corrected chi connectivity index (χ4v) is 5.15. The van der Waals surface area contributed by atoms with Gasteiger partial charge in [-0.05, 0) is 64.7 Å². The lowest BCUT2D eigenvalue weighted by atomic mass is 9.79. The van der Waals surface area contributed by atoms with Gasteiger partial charge in [0, 0.05) is 12.1 Å². The zero-order valence-corrected chi connectivity index (χ0v) is 17.7. The van der Waals surface area contributed by atoms with Crippen LogP contribution in [0, 0.1) is 0 Å². The highest BCUT2D eigenvalue weighted by atomic mass is 35.5. The minimum atomic E-state index is -0.0721. The highest BCUT2D eigenvalue weighted by Crippen LogP contribution is 2.35. The van der Waals surface area contributed by atoms with Crippen molar-refractivity contribution in [2.24, 2.45) is 0 Å². The molecule has 4 rings (SSSR count). The SMILES string of the molecule is Cl.O=C(NCC1(N2CCCCC2)CCCCC1)c1cn(C2CCNCC2)nn1. The van der Waals surface area contributed by atoms with E-state index in [0.29, 0.717) is 11.7 Å². The number of aromatic nitrogens is 3. The predicted octanol–water partition coefficient (Wildman–Crippen LogP) is 2.54. The maximum Gasteiger partial charge on any atom is 0.273 e. The number of likely N-dealkylation sites (tertiary alicyclic amines) is 1. The minimum Gasteiger partial charge on any atom is -0.349 e. The predicted molar refractivity (Wildman–Crippen MR) is 112 cm³/mol. The monoisotopic (exact) mass is 410 g/mol. The van der Waals surface area contributed by atoms with E-state index < -0.39 is 0 Å². The summed E-state index contributed by atoms with van der Waals surface area (Å²) >= 11 is 0. The van der Waals surface area contributed by atoms with Crippen molar-refractivity contribution in [3.05, 3.63) is 11.9 Å². The number of amides is 1. The molecule has 0 aromatic carbocycles. The molecule has 0 radical (unpaired) electrons. The molecule has 158 valence electrons. The number of nitrogens with zero attached hydrogens (tertiary/aromatic N) is 4. The number of hydrogen-bond acceptors (Lipinski definition) is 5. The van der Waals surface area contributed by atoms with Crippen molar-refractivity contribution in [2.75, 3.05) is 32.7 Å². The van der Waals surface area contributed by atoms with E-state index in [1.165, 1.54) is 64.5 Å². The van der Waals surface area contributed by atoms with Crippen LogP contribution < -0.4 is 10.6 Å². The molecule has 0 unspecified atom stereocenters. The lowest BCUT2D eigenvalue weighted by molar-refractivity contribution is 0.0326. The summed E-state index contributed by atoms with van der Waals surface area (Å²) in [4.78, 5) is 15.4. The van der Waals surface area contributed by atoms with Crippen LogP contribution in [0.15, 0.2) is 6.20 Å². The molecule has 2 aliphatic heterocycles. The zero-order chi connectivity index (χ0) is 18.5. The standard InChI is InChI=1S/C20H34N6O.ClH/c27-19(18-15-26(24-23-18)17-7-11-21-12-8-17)22-16-20(9-3-1-4-10-20)25-13-5-2-6-14-25;/h15,17,21H,1-14,16H2,(H,22,27);1H. The number of halogens is 1. The molecule has 0 bridgehead atoms. The minimum absolute atomic E-state index is 0. The number of rotatable bonds is 5. The van der Waals surface area contributed by atoms with Gasteiger partial charge in [0.05, 0.1) is 12.2 Å². The van der Waals surface area contributed by atoms with Crippen molar-refractivity contribution in [2.45, 2.75) is 75.8 Å². The number of carbonyl (C=O) groups excluding carboxylic acids is 1. The molecular formula is C20H35ClN6O. The van der Waals surface area contributed by atoms with Gasteiger partial charge in [-0.2, -0.15) is 0 Å². The highest BCUT2D eigenvalue weighted by Gasteiger charge is 2.38. The van der Waals surface area contributed by atoms with Crippen molar-refractivity contribution in [3.63, 3.8) is 0 Å². The number of piperidine rings is 2. The van der Waals surface area contributed by atoms with Crippen LogP contribution in [0.4, 0.5) is 0 Å². The summed E-state index contributed by atoms with van der Waals surface area (Å²) < 4.78 is 1.89. The van der Waals surface area contributed by atoms with Gasteiger partial charge in [-0.1, -0.05) is 30.9 Å². The highest BCUT2D eigenvalue weighted by molar-refractivity contribution is 5.91. The summed E-state index contributed by atoms with van der Waals surface area (Å²) in [6, 6.07) is 0.360. The van der Waals surface area contributed by atoms with Crippen LogP contribution >= 0.6 is 12.4 Å². The molecule has 0 spiro atoms. The number of nitrogens with one attached hydrogen (secondary N) is 2. The van der Waals surface area contributed by atoms with E-state index in [0.717, 1.165) is 32.5 Å². The Morgan fingerprint density at radius 2 is 1.79 bits per heavy atom. The van der Waals surface area contributed by atoms with E-state index >= 15 is 0 Å². The molecular weight excluding hydrogens is 376 g/mol. The van der Waals surface area contributed by atoms with Crippen LogP contribution in [0.3, 0.4) is 0 Å². The first kappa shape index (κ1) is 21.5. The summed E-state index contributed by atoms with van der Waals surface area (Å²) in [7, 11) is 0. The van der Waals surface area contributed by atoms with E-state index in [9.17, 15) is 4.79 Å². The van der Waals surface area contributed by atoms with E-state index in [1.54, 1.807) is 0 Å². The molecule has 3 aliphatic rings. The summed E-state index contributed by atoms with van der Waals surface area (Å²) in [5.74, 6) is -0.0721. The summed E-state index contributed by atoms with van der Waals surface area (Å²) in [6.45, 7) is 5.12. The molecule has 1 aromatic rings. The van der Waals surface area contributed by atoms with Crippen LogP contribution in [0.25, 0.3) is 0 Å².